The number of anilines is 1. The maximum atomic E-state index is 13.8. The molecule has 5 rings (SSSR count). The minimum atomic E-state index is -3.82. The minimum absolute atomic E-state index is 0.0359. The molecule has 1 aliphatic heterocycles. The molecule has 1 saturated heterocycles. The molecule has 4 aromatic rings. The normalized spacial score (nSPS) is 16.1. The van der Waals surface area contributed by atoms with Gasteiger partial charge in [-0.1, -0.05) is 78.9 Å². The molecule has 1 heterocycles. The highest BCUT2D eigenvalue weighted by Gasteiger charge is 2.40. The van der Waals surface area contributed by atoms with E-state index < -0.39 is 70.1 Å². The smallest absolute Gasteiger partial charge is 0.258 e. The number of fused-ring (bicyclic) bond motifs is 1. The number of carbonyl (C=O) groups is 4. The summed E-state index contributed by atoms with van der Waals surface area (Å²) in [6, 6.07) is 23.8. The maximum Gasteiger partial charge on any atom is 0.258 e. The molecule has 0 bridgehead atoms. The van der Waals surface area contributed by atoms with Crippen LogP contribution in [0.3, 0.4) is 0 Å². The van der Waals surface area contributed by atoms with Crippen molar-refractivity contribution in [2.24, 2.45) is 0 Å². The number of nitrogens with zero attached hydrogens (tertiary/aromatic N) is 1. The van der Waals surface area contributed by atoms with Gasteiger partial charge in [-0.15, -0.1) is 0 Å². The van der Waals surface area contributed by atoms with Gasteiger partial charge in [0.15, 0.2) is 12.7 Å². The Morgan fingerprint density at radius 2 is 1.59 bits per heavy atom. The zero-order valence-corrected chi connectivity index (χ0v) is 28.7. The van der Waals surface area contributed by atoms with Crippen molar-refractivity contribution in [3.63, 3.8) is 0 Å². The fraction of sp³-hybridized carbons (Fsp3) is 0.297. The summed E-state index contributed by atoms with van der Waals surface area (Å²) >= 11 is 0. The Kier molecular flexibility index (Phi) is 11.9. The molecule has 14 heteroatoms. The number of sulfone groups is 1. The third-order valence-corrected chi connectivity index (χ3v) is 9.43. The zero-order valence-electron chi connectivity index (χ0n) is 27.9. The predicted octanol–water partition coefficient (Wildman–Crippen LogP) is 2.17. The molecular formula is C37H40N4O9S. The van der Waals surface area contributed by atoms with Crippen LogP contribution in [-0.2, 0) is 35.4 Å². The van der Waals surface area contributed by atoms with E-state index >= 15 is 0 Å². The first-order valence-electron chi connectivity index (χ1n) is 16.4. The second-order valence-electron chi connectivity index (χ2n) is 12.4. The standard InChI is InChI=1S/C37H40N4O9S/c1-51(48,49)23-29(38-33(43)22-50-32-19-9-14-25-13-5-6-15-26(25)32)35(45)40-28(21-24-11-3-2-4-12-24)34(44)37(47)41-20-10-17-30(41)36(46)39-27-16-7-8-18-31(27)42/h2-9,11-16,18-19,28-30,34,42,44H,10,17,20-23H2,1H3,(H,38,43)(H,39,46)(H,40,45)/t28-,29-,30-,34-/m0/s1. The predicted molar refractivity (Wildman–Crippen MR) is 191 cm³/mol. The van der Waals surface area contributed by atoms with Gasteiger partial charge in [0.2, 0.25) is 11.8 Å². The summed E-state index contributed by atoms with van der Waals surface area (Å²) in [6.45, 7) is -0.362. The van der Waals surface area contributed by atoms with Crippen LogP contribution in [0.25, 0.3) is 10.8 Å². The lowest BCUT2D eigenvalue weighted by molar-refractivity contribution is -0.146. The lowest BCUT2D eigenvalue weighted by atomic mass is 9.99. The Balaban J connectivity index is 1.31. The molecule has 1 fully saturated rings. The van der Waals surface area contributed by atoms with Crippen molar-refractivity contribution in [1.29, 1.82) is 0 Å². The van der Waals surface area contributed by atoms with Gasteiger partial charge in [-0.3, -0.25) is 19.2 Å². The number of phenolic OH excluding ortho intramolecular Hbond substituents is 1. The van der Waals surface area contributed by atoms with E-state index in [0.717, 1.165) is 17.0 Å². The highest BCUT2D eigenvalue weighted by atomic mass is 32.2. The summed E-state index contributed by atoms with van der Waals surface area (Å²) in [5.74, 6) is -3.57. The van der Waals surface area contributed by atoms with Crippen LogP contribution in [0, 0.1) is 0 Å². The number of aliphatic hydroxyl groups is 1. The van der Waals surface area contributed by atoms with Crippen LogP contribution in [0.1, 0.15) is 18.4 Å². The van der Waals surface area contributed by atoms with Gasteiger partial charge >= 0.3 is 0 Å². The largest absolute Gasteiger partial charge is 0.506 e. The Bertz CT molecular complexity index is 1990. The lowest BCUT2D eigenvalue weighted by Gasteiger charge is -2.31. The minimum Gasteiger partial charge on any atom is -0.506 e. The zero-order chi connectivity index (χ0) is 36.5. The van der Waals surface area contributed by atoms with Crippen LogP contribution in [0.4, 0.5) is 5.69 Å². The Hall–Kier alpha value is -5.47. The molecule has 1 aliphatic rings. The van der Waals surface area contributed by atoms with E-state index in [9.17, 15) is 37.8 Å². The summed E-state index contributed by atoms with van der Waals surface area (Å²) in [5, 5.41) is 30.9. The number of ether oxygens (including phenoxy) is 1. The van der Waals surface area contributed by atoms with Crippen molar-refractivity contribution in [2.45, 2.75) is 43.5 Å². The first-order chi connectivity index (χ1) is 24.4. The van der Waals surface area contributed by atoms with E-state index in [4.69, 9.17) is 4.74 Å². The van der Waals surface area contributed by atoms with Crippen molar-refractivity contribution in [2.75, 3.05) is 30.5 Å². The molecule has 0 aromatic heterocycles. The average Bonchev–Trinajstić information content (AvgIpc) is 3.61. The molecule has 0 radical (unpaired) electrons. The van der Waals surface area contributed by atoms with E-state index in [0.29, 0.717) is 24.2 Å². The Morgan fingerprint density at radius 3 is 2.33 bits per heavy atom. The van der Waals surface area contributed by atoms with Crippen LogP contribution in [0.5, 0.6) is 11.5 Å². The fourth-order valence-corrected chi connectivity index (χ4v) is 6.86. The molecule has 5 N–H and O–H groups in total. The summed E-state index contributed by atoms with van der Waals surface area (Å²) in [7, 11) is -3.82. The molecule has 51 heavy (non-hydrogen) atoms. The molecule has 0 spiro atoms. The molecule has 4 atom stereocenters. The number of aromatic hydroxyl groups is 1. The number of rotatable bonds is 14. The Morgan fingerprint density at radius 1 is 0.902 bits per heavy atom. The number of nitrogens with one attached hydrogen (secondary N) is 3. The number of carbonyl (C=O) groups excluding carboxylic acids is 4. The molecule has 4 amide bonds. The van der Waals surface area contributed by atoms with Crippen LogP contribution in [0.2, 0.25) is 0 Å². The summed E-state index contributed by atoms with van der Waals surface area (Å²) < 4.78 is 30.5. The van der Waals surface area contributed by atoms with E-state index in [1.807, 2.05) is 30.3 Å². The molecule has 13 nitrogen and oxygen atoms in total. The summed E-state index contributed by atoms with van der Waals surface area (Å²) in [4.78, 5) is 55.0. The van der Waals surface area contributed by atoms with Crippen molar-refractivity contribution in [1.82, 2.24) is 15.5 Å². The molecule has 0 aliphatic carbocycles. The van der Waals surface area contributed by atoms with E-state index in [1.54, 1.807) is 54.6 Å². The van der Waals surface area contributed by atoms with Crippen molar-refractivity contribution in [3.05, 3.63) is 103 Å². The fourth-order valence-electron chi connectivity index (χ4n) is 6.02. The van der Waals surface area contributed by atoms with E-state index in [2.05, 4.69) is 16.0 Å². The van der Waals surface area contributed by atoms with Crippen LogP contribution in [-0.4, -0.2) is 96.5 Å². The van der Waals surface area contributed by atoms with Gasteiger partial charge < -0.3 is 35.8 Å². The first kappa shape index (κ1) is 36.8. The number of para-hydroxylation sites is 2. The number of aliphatic hydroxyl groups excluding tert-OH is 1. The number of hydrogen-bond acceptors (Lipinski definition) is 9. The molecule has 268 valence electrons. The van der Waals surface area contributed by atoms with Gasteiger partial charge in [0.05, 0.1) is 17.5 Å². The topological polar surface area (TPSA) is 191 Å². The van der Waals surface area contributed by atoms with Gasteiger partial charge in [-0.2, -0.15) is 0 Å². The average molecular weight is 717 g/mol. The van der Waals surface area contributed by atoms with Crippen LogP contribution < -0.4 is 20.7 Å². The molecular weight excluding hydrogens is 676 g/mol. The summed E-state index contributed by atoms with van der Waals surface area (Å²) in [6.07, 6.45) is -0.199. The van der Waals surface area contributed by atoms with Crippen molar-refractivity contribution < 1.29 is 42.5 Å². The van der Waals surface area contributed by atoms with E-state index in [-0.39, 0.29) is 24.4 Å². The summed E-state index contributed by atoms with van der Waals surface area (Å²) in [5.41, 5.74) is 0.815. The van der Waals surface area contributed by atoms with Gasteiger partial charge in [0.1, 0.15) is 33.4 Å². The van der Waals surface area contributed by atoms with E-state index in [1.165, 1.54) is 17.0 Å². The number of phenols is 1. The van der Waals surface area contributed by atoms with Gasteiger partial charge in [0.25, 0.3) is 11.8 Å². The molecule has 4 aromatic carbocycles. The molecule has 0 saturated carbocycles. The lowest BCUT2D eigenvalue weighted by Crippen LogP contribution is -2.59. The van der Waals surface area contributed by atoms with Crippen LogP contribution >= 0.6 is 0 Å². The maximum absolute atomic E-state index is 13.8. The van der Waals surface area contributed by atoms with Crippen molar-refractivity contribution >= 4 is 49.9 Å². The highest BCUT2D eigenvalue weighted by Crippen LogP contribution is 2.26. The monoisotopic (exact) mass is 716 g/mol. The second kappa shape index (κ2) is 16.5. The Labute approximate surface area is 295 Å². The quantitative estimate of drug-likeness (QED) is 0.122. The second-order valence-corrected chi connectivity index (χ2v) is 14.6. The number of hydrogen-bond donors (Lipinski definition) is 5. The number of benzene rings is 4. The SMILES string of the molecule is CS(=O)(=O)C[C@H](NC(=O)COc1cccc2ccccc12)C(=O)N[C@@H](Cc1ccccc1)[C@H](O)C(=O)N1CCC[C@H]1C(=O)Nc1ccccc1O. The highest BCUT2D eigenvalue weighted by molar-refractivity contribution is 7.90. The first-order valence-corrected chi connectivity index (χ1v) is 18.4. The van der Waals surface area contributed by atoms with Gasteiger partial charge in [-0.05, 0) is 48.4 Å². The number of likely N-dealkylation sites (tertiary alicyclic amines) is 1. The molecule has 0 unspecified atom stereocenters. The van der Waals surface area contributed by atoms with Gasteiger partial charge in [-0.25, -0.2) is 8.42 Å². The third-order valence-electron chi connectivity index (χ3n) is 8.49. The van der Waals surface area contributed by atoms with Gasteiger partial charge in [0, 0.05) is 18.2 Å². The van der Waals surface area contributed by atoms with Crippen molar-refractivity contribution in [3.8, 4) is 11.5 Å². The number of amides is 4. The van der Waals surface area contributed by atoms with Crippen LogP contribution in [0.15, 0.2) is 97.1 Å². The third kappa shape index (κ3) is 9.83.